The number of nitrogens with zero attached hydrogens (tertiary/aromatic N) is 1. The molecule has 240 valence electrons. The molecule has 0 saturated carbocycles. The fourth-order valence-corrected chi connectivity index (χ4v) is 5.02. The van der Waals surface area contributed by atoms with Gasteiger partial charge in [-0.05, 0) is 78.1 Å². The van der Waals surface area contributed by atoms with Crippen molar-refractivity contribution >= 4 is 6.21 Å². The van der Waals surface area contributed by atoms with Gasteiger partial charge in [-0.2, -0.15) is 0 Å². The Morgan fingerprint density at radius 1 is 0.795 bits per heavy atom. The first-order valence-corrected chi connectivity index (χ1v) is 15.9. The van der Waals surface area contributed by atoms with Gasteiger partial charge in [0.25, 0.3) is 0 Å². The Kier molecular flexibility index (Phi) is 11.6. The van der Waals surface area contributed by atoms with E-state index < -0.39 is 23.2 Å². The van der Waals surface area contributed by atoms with Crippen LogP contribution in [0.25, 0.3) is 0 Å². The molecule has 6 heteroatoms. The monoisotopic (exact) mass is 605 g/mol. The number of phenols is 1. The van der Waals surface area contributed by atoms with Crippen LogP contribution in [0, 0.1) is 5.82 Å². The molecule has 0 amide bonds. The highest BCUT2D eigenvalue weighted by molar-refractivity contribution is 5.83. The summed E-state index contributed by atoms with van der Waals surface area (Å²) in [6.07, 6.45) is 5.11. The number of phenolic OH excluding ortho intramolecular Hbond substituents is 1. The molecule has 2 N–H and O–H groups in total. The van der Waals surface area contributed by atoms with Gasteiger partial charge in [0, 0.05) is 22.9 Å². The van der Waals surface area contributed by atoms with Gasteiger partial charge in [-0.1, -0.05) is 86.4 Å². The Labute approximate surface area is 264 Å². The maximum absolute atomic E-state index is 14.2. The van der Waals surface area contributed by atoms with E-state index in [1.54, 1.807) is 6.07 Å². The molecule has 0 radical (unpaired) electrons. The van der Waals surface area contributed by atoms with E-state index in [2.05, 4.69) is 55.4 Å². The predicted molar refractivity (Wildman–Crippen MR) is 179 cm³/mol. The first-order valence-electron chi connectivity index (χ1n) is 15.9. The summed E-state index contributed by atoms with van der Waals surface area (Å²) in [6, 6.07) is 15.5. The minimum atomic E-state index is -1.72. The van der Waals surface area contributed by atoms with Crippen molar-refractivity contribution in [2.75, 3.05) is 13.2 Å². The predicted octanol–water partition coefficient (Wildman–Crippen LogP) is 9.23. The average Bonchev–Trinajstić information content (AvgIpc) is 2.96. The molecule has 0 aliphatic carbocycles. The number of aromatic hydroxyl groups is 1. The highest BCUT2D eigenvalue weighted by atomic mass is 19.1. The van der Waals surface area contributed by atoms with Gasteiger partial charge in [-0.25, -0.2) is 4.39 Å². The smallest absolute Gasteiger partial charge is 0.165 e. The van der Waals surface area contributed by atoms with Crippen LogP contribution in [0.2, 0.25) is 0 Å². The van der Waals surface area contributed by atoms with Crippen molar-refractivity contribution in [3.63, 3.8) is 0 Å². The summed E-state index contributed by atoms with van der Waals surface area (Å²) in [7, 11) is 0. The largest absolute Gasteiger partial charge is 0.504 e. The third-order valence-electron chi connectivity index (χ3n) is 8.08. The maximum Gasteiger partial charge on any atom is 0.165 e. The van der Waals surface area contributed by atoms with Crippen molar-refractivity contribution in [2.45, 2.75) is 110 Å². The van der Waals surface area contributed by atoms with Crippen molar-refractivity contribution in [1.29, 1.82) is 0 Å². The van der Waals surface area contributed by atoms with Crippen molar-refractivity contribution in [1.82, 2.24) is 0 Å². The lowest BCUT2D eigenvalue weighted by Gasteiger charge is -2.37. The number of hydrogen-bond acceptors (Lipinski definition) is 5. The third kappa shape index (κ3) is 8.20. The van der Waals surface area contributed by atoms with Crippen molar-refractivity contribution in [2.24, 2.45) is 4.99 Å². The number of aliphatic imine (C=N–C) groups is 1. The molecule has 0 aromatic heterocycles. The van der Waals surface area contributed by atoms with E-state index in [1.165, 1.54) is 18.3 Å². The van der Waals surface area contributed by atoms with Crippen LogP contribution in [0.1, 0.15) is 116 Å². The van der Waals surface area contributed by atoms with E-state index in [0.29, 0.717) is 35.8 Å². The lowest BCUT2D eigenvalue weighted by Crippen LogP contribution is -2.39. The minimum absolute atomic E-state index is 0.203. The van der Waals surface area contributed by atoms with Gasteiger partial charge in [-0.3, -0.25) is 4.99 Å². The van der Waals surface area contributed by atoms with Crippen LogP contribution in [0.5, 0.6) is 17.2 Å². The zero-order valence-corrected chi connectivity index (χ0v) is 28.1. The maximum atomic E-state index is 14.2. The molecule has 0 fully saturated rings. The quantitative estimate of drug-likeness (QED) is 0.150. The number of ether oxygens (including phenoxy) is 2. The molecular weight excluding hydrogens is 553 g/mol. The van der Waals surface area contributed by atoms with E-state index in [0.717, 1.165) is 36.8 Å². The second-order valence-electron chi connectivity index (χ2n) is 13.7. The van der Waals surface area contributed by atoms with Crippen LogP contribution in [-0.4, -0.2) is 35.7 Å². The average molecular weight is 606 g/mol. The van der Waals surface area contributed by atoms with Gasteiger partial charge >= 0.3 is 0 Å². The first kappa shape index (κ1) is 35.1. The first-order chi connectivity index (χ1) is 20.6. The summed E-state index contributed by atoms with van der Waals surface area (Å²) in [6.45, 7) is 19.9. The van der Waals surface area contributed by atoms with Crippen LogP contribution in [-0.2, 0) is 16.4 Å². The normalized spacial score (nSPS) is 13.3. The van der Waals surface area contributed by atoms with E-state index in [9.17, 15) is 14.6 Å². The lowest BCUT2D eigenvalue weighted by molar-refractivity contribution is 0.0519. The van der Waals surface area contributed by atoms with E-state index >= 15 is 0 Å². The molecule has 3 aromatic carbocycles. The Balaban J connectivity index is 2.38. The molecule has 0 heterocycles. The highest BCUT2D eigenvalue weighted by Gasteiger charge is 2.43. The van der Waals surface area contributed by atoms with E-state index in [1.807, 2.05) is 43.3 Å². The summed E-state index contributed by atoms with van der Waals surface area (Å²) in [5.74, 6) is -0.0648. The number of aliphatic hydroxyl groups is 1. The van der Waals surface area contributed by atoms with Crippen molar-refractivity contribution in [3.05, 3.63) is 88.2 Å². The fraction of sp³-hybridized carbons (Fsp3) is 0.500. The van der Waals surface area contributed by atoms with Crippen LogP contribution in [0.4, 0.5) is 4.39 Å². The number of unbranched alkanes of at least 4 members (excludes halogenated alkanes) is 2. The standard InChI is InChI=1S/C38H52FNO4/c1-10-12-21-43-33-19-17-28(36(4,5)6)23-30(33)38(42,26(3)40-25-27-15-14-16-32(39)35(27)41)31-24-29(37(7,8)9)18-20-34(31)44-22-13-11-2/h14-20,23-26,41-42H,10-13,21-22H2,1-9H3/t26-/m1/s1. The second-order valence-corrected chi connectivity index (χ2v) is 13.7. The van der Waals surface area contributed by atoms with Crippen molar-refractivity contribution < 1.29 is 24.1 Å². The molecule has 0 saturated heterocycles. The summed E-state index contributed by atoms with van der Waals surface area (Å²) >= 11 is 0. The van der Waals surface area contributed by atoms with Crippen LogP contribution in [0.3, 0.4) is 0 Å². The van der Waals surface area contributed by atoms with Crippen LogP contribution in [0.15, 0.2) is 59.6 Å². The topological polar surface area (TPSA) is 71.3 Å². The number of hydrogen-bond donors (Lipinski definition) is 2. The van der Waals surface area contributed by atoms with Gasteiger partial charge < -0.3 is 19.7 Å². The zero-order chi connectivity index (χ0) is 32.7. The SMILES string of the molecule is CCCCOc1ccc(C(C)(C)C)cc1C(O)(c1cc(C(C)(C)C)ccc1OCCCC)[C@@H](C)N=Cc1cccc(F)c1O. The Morgan fingerprint density at radius 3 is 1.70 bits per heavy atom. The molecule has 3 aromatic rings. The van der Waals surface area contributed by atoms with Crippen molar-refractivity contribution in [3.8, 4) is 17.2 Å². The van der Waals surface area contributed by atoms with Crippen LogP contribution >= 0.6 is 0 Å². The zero-order valence-electron chi connectivity index (χ0n) is 28.1. The fourth-order valence-electron chi connectivity index (χ4n) is 5.02. The lowest BCUT2D eigenvalue weighted by atomic mass is 9.75. The van der Waals surface area contributed by atoms with Gasteiger partial charge in [0.1, 0.15) is 17.1 Å². The van der Waals surface area contributed by atoms with Gasteiger partial charge in [0.15, 0.2) is 11.6 Å². The van der Waals surface area contributed by atoms with Gasteiger partial charge in [0.05, 0.1) is 19.3 Å². The summed E-state index contributed by atoms with van der Waals surface area (Å²) in [5, 5.41) is 23.6. The molecule has 0 bridgehead atoms. The minimum Gasteiger partial charge on any atom is -0.504 e. The Bertz CT molecular complexity index is 1350. The molecular formula is C38H52FNO4. The number of benzene rings is 3. The second kappa shape index (κ2) is 14.6. The Morgan fingerprint density at radius 2 is 1.27 bits per heavy atom. The molecule has 3 rings (SSSR count). The summed E-state index contributed by atoms with van der Waals surface area (Å²) < 4.78 is 26.9. The number of halogens is 1. The Hall–Kier alpha value is -3.38. The molecule has 0 spiro atoms. The van der Waals surface area contributed by atoms with Gasteiger partial charge in [0.2, 0.25) is 0 Å². The molecule has 5 nitrogen and oxygen atoms in total. The van der Waals surface area contributed by atoms with E-state index in [4.69, 9.17) is 14.5 Å². The molecule has 0 aliphatic heterocycles. The van der Waals surface area contributed by atoms with Crippen LogP contribution < -0.4 is 9.47 Å². The molecule has 44 heavy (non-hydrogen) atoms. The molecule has 1 atom stereocenters. The summed E-state index contributed by atoms with van der Waals surface area (Å²) in [4.78, 5) is 4.77. The molecule has 0 aliphatic rings. The number of para-hydroxylation sites is 1. The third-order valence-corrected chi connectivity index (χ3v) is 8.08. The highest BCUT2D eigenvalue weighted by Crippen LogP contribution is 2.46. The summed E-state index contributed by atoms with van der Waals surface area (Å²) in [5.41, 5.74) is 1.34. The van der Waals surface area contributed by atoms with Gasteiger partial charge in [-0.15, -0.1) is 0 Å². The number of rotatable bonds is 13. The molecule has 0 unspecified atom stereocenters. The van der Waals surface area contributed by atoms with E-state index in [-0.39, 0.29) is 16.4 Å².